The first kappa shape index (κ1) is 16.0. The number of anilines is 1. The third-order valence-electron chi connectivity index (χ3n) is 4.14. The van der Waals surface area contributed by atoms with E-state index in [0.29, 0.717) is 13.1 Å². The van der Waals surface area contributed by atoms with Crippen molar-refractivity contribution in [3.05, 3.63) is 52.9 Å². The van der Waals surface area contributed by atoms with Crippen molar-refractivity contribution in [3.8, 4) is 5.75 Å². The fourth-order valence-corrected chi connectivity index (χ4v) is 2.74. The molecule has 7 heteroatoms. The second-order valence-electron chi connectivity index (χ2n) is 5.59. The first-order chi connectivity index (χ1) is 11.7. The molecule has 0 bridgehead atoms. The van der Waals surface area contributed by atoms with Crippen molar-refractivity contribution in [2.75, 3.05) is 38.2 Å². The van der Waals surface area contributed by atoms with E-state index in [4.69, 9.17) is 4.74 Å². The van der Waals surface area contributed by atoms with E-state index in [2.05, 4.69) is 10.00 Å². The normalized spacial score (nSPS) is 14.5. The average Bonchev–Trinajstić information content (AvgIpc) is 2.64. The van der Waals surface area contributed by atoms with Crippen molar-refractivity contribution in [3.63, 3.8) is 0 Å². The number of benzene rings is 1. The molecule has 0 saturated carbocycles. The quantitative estimate of drug-likeness (QED) is 0.822. The fourth-order valence-electron chi connectivity index (χ4n) is 2.74. The number of carbonyl (C=O) groups is 1. The molecule has 1 aromatic heterocycles. The van der Waals surface area contributed by atoms with Gasteiger partial charge in [-0.25, -0.2) is 4.68 Å². The number of aromatic nitrogens is 2. The number of rotatable bonds is 4. The zero-order chi connectivity index (χ0) is 16.9. The average molecular weight is 328 g/mol. The van der Waals surface area contributed by atoms with Crippen LogP contribution in [0.25, 0.3) is 0 Å². The molecular weight excluding hydrogens is 308 g/mol. The van der Waals surface area contributed by atoms with Crippen LogP contribution in [0.3, 0.4) is 0 Å². The maximum atomic E-state index is 12.3. The van der Waals surface area contributed by atoms with E-state index >= 15 is 0 Å². The molecule has 3 rings (SSSR count). The van der Waals surface area contributed by atoms with Gasteiger partial charge in [0.05, 0.1) is 7.11 Å². The molecule has 0 spiro atoms. The Morgan fingerprint density at radius 1 is 1.12 bits per heavy atom. The second kappa shape index (κ2) is 7.16. The number of hydrogen-bond acceptors (Lipinski definition) is 5. The van der Waals surface area contributed by atoms with E-state index in [9.17, 15) is 9.59 Å². The molecule has 24 heavy (non-hydrogen) atoms. The number of hydrogen-bond donors (Lipinski definition) is 0. The summed E-state index contributed by atoms with van der Waals surface area (Å²) in [6.07, 6.45) is 1.51. The number of methoxy groups -OCH3 is 1. The van der Waals surface area contributed by atoms with E-state index in [1.54, 1.807) is 18.1 Å². The molecule has 2 aromatic rings. The summed E-state index contributed by atoms with van der Waals surface area (Å²) in [4.78, 5) is 28.0. The Bertz CT molecular complexity index is 749. The van der Waals surface area contributed by atoms with Gasteiger partial charge in [0.2, 0.25) is 5.91 Å². The Balaban J connectivity index is 1.57. The number of nitrogens with zero attached hydrogens (tertiary/aromatic N) is 4. The molecule has 0 N–H and O–H groups in total. The third-order valence-corrected chi connectivity index (χ3v) is 4.14. The molecule has 2 heterocycles. The zero-order valence-electron chi connectivity index (χ0n) is 13.6. The van der Waals surface area contributed by atoms with Crippen molar-refractivity contribution < 1.29 is 9.53 Å². The fraction of sp³-hybridized carbons (Fsp3) is 0.353. The Hall–Kier alpha value is -2.83. The van der Waals surface area contributed by atoms with Crippen molar-refractivity contribution in [2.24, 2.45) is 0 Å². The van der Waals surface area contributed by atoms with Gasteiger partial charge >= 0.3 is 0 Å². The van der Waals surface area contributed by atoms with Crippen LogP contribution in [0.5, 0.6) is 5.75 Å². The smallest absolute Gasteiger partial charge is 0.267 e. The summed E-state index contributed by atoms with van der Waals surface area (Å²) in [5, 5.41) is 3.93. The highest BCUT2D eigenvalue weighted by Gasteiger charge is 2.21. The molecule has 1 amide bonds. The minimum atomic E-state index is -0.261. The highest BCUT2D eigenvalue weighted by atomic mass is 16.5. The minimum Gasteiger partial charge on any atom is -0.497 e. The highest BCUT2D eigenvalue weighted by Crippen LogP contribution is 2.20. The Morgan fingerprint density at radius 3 is 2.46 bits per heavy atom. The van der Waals surface area contributed by atoms with Crippen LogP contribution in [0.15, 0.2) is 47.4 Å². The van der Waals surface area contributed by atoms with Gasteiger partial charge in [-0.1, -0.05) is 0 Å². The summed E-state index contributed by atoms with van der Waals surface area (Å²) in [5.41, 5.74) is 0.853. The molecule has 0 unspecified atom stereocenters. The SMILES string of the molecule is COc1ccc(N2CCN(C(=O)Cn3ncccc3=O)CC2)cc1. The summed E-state index contributed by atoms with van der Waals surface area (Å²) in [6, 6.07) is 10.9. The van der Waals surface area contributed by atoms with Gasteiger partial charge in [0.15, 0.2) is 0 Å². The maximum absolute atomic E-state index is 12.3. The summed E-state index contributed by atoms with van der Waals surface area (Å²) in [7, 11) is 1.65. The predicted molar refractivity (Wildman–Crippen MR) is 90.3 cm³/mol. The van der Waals surface area contributed by atoms with Gasteiger partial charge in [0.1, 0.15) is 12.3 Å². The van der Waals surface area contributed by atoms with E-state index < -0.39 is 0 Å². The largest absolute Gasteiger partial charge is 0.497 e. The first-order valence-corrected chi connectivity index (χ1v) is 7.86. The summed E-state index contributed by atoms with van der Waals surface area (Å²) in [6.45, 7) is 2.77. The third kappa shape index (κ3) is 3.56. The standard InChI is InChI=1S/C17H20N4O3/c1-24-15-6-4-14(5-7-15)19-9-11-20(12-10-19)17(23)13-21-16(22)3-2-8-18-21/h2-8H,9-13H2,1H3. The number of carbonyl (C=O) groups excluding carboxylic acids is 1. The Morgan fingerprint density at radius 2 is 1.83 bits per heavy atom. The van der Waals surface area contributed by atoms with Crippen LogP contribution in [-0.4, -0.2) is 53.9 Å². The molecular formula is C17H20N4O3. The van der Waals surface area contributed by atoms with E-state index in [0.717, 1.165) is 24.5 Å². The van der Waals surface area contributed by atoms with Crippen LogP contribution in [0.2, 0.25) is 0 Å². The van der Waals surface area contributed by atoms with Gasteiger partial charge < -0.3 is 14.5 Å². The van der Waals surface area contributed by atoms with Gasteiger partial charge in [-0.2, -0.15) is 5.10 Å². The van der Waals surface area contributed by atoms with Gasteiger partial charge in [-0.3, -0.25) is 9.59 Å². The van der Waals surface area contributed by atoms with Crippen molar-refractivity contribution in [1.82, 2.24) is 14.7 Å². The molecule has 0 radical (unpaired) electrons. The second-order valence-corrected chi connectivity index (χ2v) is 5.59. The lowest BCUT2D eigenvalue weighted by Crippen LogP contribution is -2.50. The van der Waals surface area contributed by atoms with Crippen LogP contribution >= 0.6 is 0 Å². The molecule has 1 aliphatic heterocycles. The molecule has 1 aromatic carbocycles. The highest BCUT2D eigenvalue weighted by molar-refractivity contribution is 5.76. The Kier molecular flexibility index (Phi) is 4.79. The summed E-state index contributed by atoms with van der Waals surface area (Å²) >= 11 is 0. The predicted octanol–water partition coefficient (Wildman–Crippen LogP) is 0.601. The van der Waals surface area contributed by atoms with E-state index in [1.807, 2.05) is 24.3 Å². The van der Waals surface area contributed by atoms with Crippen molar-refractivity contribution >= 4 is 11.6 Å². The van der Waals surface area contributed by atoms with Crippen LogP contribution in [-0.2, 0) is 11.3 Å². The lowest BCUT2D eigenvalue weighted by molar-refractivity contribution is -0.132. The summed E-state index contributed by atoms with van der Waals surface area (Å²) in [5.74, 6) is 0.749. The van der Waals surface area contributed by atoms with Gasteiger partial charge in [-0.05, 0) is 30.3 Å². The first-order valence-electron chi connectivity index (χ1n) is 7.86. The lowest BCUT2D eigenvalue weighted by atomic mass is 10.2. The van der Waals surface area contributed by atoms with Crippen molar-refractivity contribution in [2.45, 2.75) is 6.54 Å². The molecule has 1 saturated heterocycles. The maximum Gasteiger partial charge on any atom is 0.267 e. The molecule has 126 valence electrons. The minimum absolute atomic E-state index is 0.0117. The lowest BCUT2D eigenvalue weighted by Gasteiger charge is -2.36. The van der Waals surface area contributed by atoms with E-state index in [1.165, 1.54) is 16.9 Å². The number of amides is 1. The van der Waals surface area contributed by atoms with Gasteiger partial charge in [0.25, 0.3) is 5.56 Å². The van der Waals surface area contributed by atoms with Crippen LogP contribution in [0.1, 0.15) is 0 Å². The molecule has 1 aliphatic rings. The van der Waals surface area contributed by atoms with Crippen LogP contribution < -0.4 is 15.2 Å². The van der Waals surface area contributed by atoms with Crippen LogP contribution in [0, 0.1) is 0 Å². The molecule has 0 atom stereocenters. The number of ether oxygens (including phenoxy) is 1. The molecule has 1 fully saturated rings. The molecule has 7 nitrogen and oxygen atoms in total. The molecule has 0 aliphatic carbocycles. The Labute approximate surface area is 140 Å². The van der Waals surface area contributed by atoms with Gasteiger partial charge in [-0.15, -0.1) is 0 Å². The topological polar surface area (TPSA) is 67.7 Å². The number of piperazine rings is 1. The van der Waals surface area contributed by atoms with Gasteiger partial charge in [0, 0.05) is 44.1 Å². The summed E-state index contributed by atoms with van der Waals surface area (Å²) < 4.78 is 6.36. The zero-order valence-corrected chi connectivity index (χ0v) is 13.6. The monoisotopic (exact) mass is 328 g/mol. The van der Waals surface area contributed by atoms with Crippen LogP contribution in [0.4, 0.5) is 5.69 Å². The van der Waals surface area contributed by atoms with E-state index in [-0.39, 0.29) is 18.0 Å². The van der Waals surface area contributed by atoms with Crippen molar-refractivity contribution in [1.29, 1.82) is 0 Å².